The van der Waals surface area contributed by atoms with Crippen LogP contribution >= 0.6 is 11.3 Å². The minimum absolute atomic E-state index is 0.0994. The predicted octanol–water partition coefficient (Wildman–Crippen LogP) is 3.08. The lowest BCUT2D eigenvalue weighted by Crippen LogP contribution is -2.55. The topological polar surface area (TPSA) is 71.1 Å². The first-order valence-electron chi connectivity index (χ1n) is 11.5. The summed E-state index contributed by atoms with van der Waals surface area (Å²) in [7, 11) is 0. The predicted molar refractivity (Wildman–Crippen MR) is 130 cm³/mol. The molecule has 0 aliphatic carbocycles. The fraction of sp³-hybridized carbons (Fsp3) is 0.308. The number of rotatable bonds is 6. The molecule has 2 amide bonds. The lowest BCUT2D eigenvalue weighted by molar-refractivity contribution is -0.143. The normalized spacial score (nSPS) is 18.7. The van der Waals surface area contributed by atoms with Crippen molar-refractivity contribution in [1.82, 2.24) is 15.1 Å². The van der Waals surface area contributed by atoms with Crippen LogP contribution in [-0.4, -0.2) is 67.0 Å². The zero-order chi connectivity index (χ0) is 24.2. The van der Waals surface area contributed by atoms with Gasteiger partial charge in [0.1, 0.15) is 12.4 Å². The van der Waals surface area contributed by atoms with Gasteiger partial charge in [-0.25, -0.2) is 4.39 Å². The molecule has 9 heteroatoms. The number of nitrogens with one attached hydrogen (secondary N) is 1. The maximum atomic E-state index is 13.4. The Hall–Kier alpha value is -3.43. The summed E-state index contributed by atoms with van der Waals surface area (Å²) in [6.45, 7) is 2.61. The summed E-state index contributed by atoms with van der Waals surface area (Å²) in [4.78, 5) is 30.6. The molecule has 2 aliphatic rings. The van der Waals surface area contributed by atoms with E-state index in [1.54, 1.807) is 34.4 Å². The first-order chi connectivity index (χ1) is 17.1. The number of nitrogens with zero attached hydrogens (tertiary/aromatic N) is 2. The first-order valence-corrected chi connectivity index (χ1v) is 12.4. The second-order valence-corrected chi connectivity index (χ2v) is 9.51. The van der Waals surface area contributed by atoms with E-state index >= 15 is 0 Å². The van der Waals surface area contributed by atoms with Gasteiger partial charge in [0, 0.05) is 31.1 Å². The van der Waals surface area contributed by atoms with Crippen LogP contribution in [0.3, 0.4) is 0 Å². The Morgan fingerprint density at radius 2 is 1.74 bits per heavy atom. The highest BCUT2D eigenvalue weighted by atomic mass is 32.1. The van der Waals surface area contributed by atoms with Crippen molar-refractivity contribution in [3.05, 3.63) is 82.3 Å². The molecule has 0 saturated carbocycles. The van der Waals surface area contributed by atoms with Crippen molar-refractivity contribution in [2.45, 2.75) is 12.1 Å². The zero-order valence-electron chi connectivity index (χ0n) is 19.1. The van der Waals surface area contributed by atoms with Crippen LogP contribution in [0.4, 0.5) is 4.39 Å². The van der Waals surface area contributed by atoms with Gasteiger partial charge >= 0.3 is 0 Å². The van der Waals surface area contributed by atoms with Gasteiger partial charge in [0.25, 0.3) is 5.91 Å². The largest absolute Gasteiger partial charge is 0.485 e. The highest BCUT2D eigenvalue weighted by Crippen LogP contribution is 2.31. The average Bonchev–Trinajstić information content (AvgIpc) is 3.42. The van der Waals surface area contributed by atoms with E-state index in [4.69, 9.17) is 9.47 Å². The molecule has 1 aromatic heterocycles. The maximum absolute atomic E-state index is 13.4. The summed E-state index contributed by atoms with van der Waals surface area (Å²) in [5.74, 6) is 0.695. The molecule has 3 aromatic rings. The van der Waals surface area contributed by atoms with Crippen LogP contribution < -0.4 is 14.8 Å². The molecule has 0 bridgehead atoms. The van der Waals surface area contributed by atoms with Gasteiger partial charge in [0.15, 0.2) is 11.5 Å². The second-order valence-electron chi connectivity index (χ2n) is 8.53. The molecular formula is C26H26FN3O4S. The molecule has 0 radical (unpaired) electrons. The molecular weight excluding hydrogens is 469 g/mol. The van der Waals surface area contributed by atoms with Gasteiger partial charge in [0.2, 0.25) is 12.0 Å². The van der Waals surface area contributed by atoms with Crippen LogP contribution in [0.15, 0.2) is 66.0 Å². The highest BCUT2D eigenvalue weighted by Gasteiger charge is 2.33. The summed E-state index contributed by atoms with van der Waals surface area (Å²) < 4.78 is 24.9. The molecule has 3 heterocycles. The Morgan fingerprint density at radius 3 is 2.46 bits per heavy atom. The zero-order valence-corrected chi connectivity index (χ0v) is 19.9. The Balaban J connectivity index is 1.14. The minimum Gasteiger partial charge on any atom is -0.485 e. The van der Waals surface area contributed by atoms with Gasteiger partial charge in [0.05, 0.1) is 12.6 Å². The van der Waals surface area contributed by atoms with Crippen molar-refractivity contribution in [3.8, 4) is 11.5 Å². The summed E-state index contributed by atoms with van der Waals surface area (Å²) >= 11 is 1.54. The average molecular weight is 496 g/mol. The molecule has 7 nitrogen and oxygen atoms in total. The van der Waals surface area contributed by atoms with E-state index in [9.17, 15) is 14.0 Å². The summed E-state index contributed by atoms with van der Waals surface area (Å²) in [5.41, 5.74) is 0.828. The van der Waals surface area contributed by atoms with Crippen molar-refractivity contribution in [2.75, 3.05) is 39.3 Å². The van der Waals surface area contributed by atoms with E-state index in [2.05, 4.69) is 5.32 Å². The van der Waals surface area contributed by atoms with Gasteiger partial charge < -0.3 is 19.7 Å². The van der Waals surface area contributed by atoms with Crippen LogP contribution in [0.2, 0.25) is 0 Å². The van der Waals surface area contributed by atoms with Crippen LogP contribution in [0.25, 0.3) is 0 Å². The molecule has 1 N–H and O–H groups in total. The van der Waals surface area contributed by atoms with Gasteiger partial charge in [-0.15, -0.1) is 11.3 Å². The van der Waals surface area contributed by atoms with Gasteiger partial charge in [-0.2, -0.15) is 0 Å². The molecule has 1 fully saturated rings. The Kier molecular flexibility index (Phi) is 6.96. The fourth-order valence-electron chi connectivity index (χ4n) is 4.31. The summed E-state index contributed by atoms with van der Waals surface area (Å²) in [6, 6.07) is 17.1. The Bertz CT molecular complexity index is 1160. The number of fused-ring (bicyclic) bond motifs is 1. The van der Waals surface area contributed by atoms with Crippen LogP contribution in [-0.2, 0) is 9.59 Å². The maximum Gasteiger partial charge on any atom is 0.267 e. The van der Waals surface area contributed by atoms with E-state index in [0.29, 0.717) is 37.7 Å². The number of carbonyl (C=O) groups excluding carboxylic acids is 2. The molecule has 182 valence electrons. The number of thiophene rings is 1. The number of benzene rings is 2. The van der Waals surface area contributed by atoms with Crippen molar-refractivity contribution in [2.24, 2.45) is 0 Å². The molecule has 5 rings (SSSR count). The number of amides is 2. The third-order valence-corrected chi connectivity index (χ3v) is 7.11. The van der Waals surface area contributed by atoms with Crippen molar-refractivity contribution in [3.63, 3.8) is 0 Å². The molecule has 2 atom stereocenters. The summed E-state index contributed by atoms with van der Waals surface area (Å²) in [5, 5.41) is 5.04. The smallest absolute Gasteiger partial charge is 0.267 e. The van der Waals surface area contributed by atoms with Crippen molar-refractivity contribution >= 4 is 23.2 Å². The molecule has 2 aliphatic heterocycles. The molecule has 1 saturated heterocycles. The lowest BCUT2D eigenvalue weighted by Gasteiger charge is -2.37. The number of para-hydroxylation sites is 2. The van der Waals surface area contributed by atoms with E-state index in [0.717, 1.165) is 10.4 Å². The first kappa shape index (κ1) is 23.3. The monoisotopic (exact) mass is 495 g/mol. The van der Waals surface area contributed by atoms with E-state index in [1.165, 1.54) is 12.1 Å². The third kappa shape index (κ3) is 5.47. The van der Waals surface area contributed by atoms with Crippen LogP contribution in [0.5, 0.6) is 11.5 Å². The van der Waals surface area contributed by atoms with Crippen molar-refractivity contribution in [1.29, 1.82) is 0 Å². The number of hydrogen-bond acceptors (Lipinski definition) is 6. The second kappa shape index (κ2) is 10.5. The van der Waals surface area contributed by atoms with E-state index in [1.807, 2.05) is 40.6 Å². The fourth-order valence-corrected chi connectivity index (χ4v) is 5.11. The quantitative estimate of drug-likeness (QED) is 0.569. The summed E-state index contributed by atoms with van der Waals surface area (Å²) in [6.07, 6.45) is -0.665. The standard InChI is InChI=1S/C26H26FN3O4S/c27-19-9-7-18(8-10-19)25(23-6-3-15-35-23)28-24(31)16-29-11-13-30(14-12-29)26(32)22-17-33-20-4-1-2-5-21(20)34-22/h1-10,15,22,25H,11-14,16-17H2,(H,28,31)/t22-,25+/m0/s1. The molecule has 0 unspecified atom stereocenters. The van der Waals surface area contributed by atoms with Crippen LogP contribution in [0.1, 0.15) is 16.5 Å². The van der Waals surface area contributed by atoms with E-state index < -0.39 is 6.10 Å². The van der Waals surface area contributed by atoms with Gasteiger partial charge in [-0.1, -0.05) is 30.3 Å². The number of piperazine rings is 1. The highest BCUT2D eigenvalue weighted by molar-refractivity contribution is 7.10. The minimum atomic E-state index is -0.665. The SMILES string of the molecule is O=C(CN1CCN(C(=O)[C@@H]2COc3ccccc3O2)CC1)N[C@H](c1ccc(F)cc1)c1cccs1. The Morgan fingerprint density at radius 1 is 1.00 bits per heavy atom. The lowest BCUT2D eigenvalue weighted by atomic mass is 10.1. The third-order valence-electron chi connectivity index (χ3n) is 6.17. The van der Waals surface area contributed by atoms with E-state index in [-0.39, 0.29) is 36.8 Å². The van der Waals surface area contributed by atoms with Gasteiger partial charge in [-0.05, 0) is 41.3 Å². The van der Waals surface area contributed by atoms with Crippen molar-refractivity contribution < 1.29 is 23.5 Å². The Labute approximate surface area is 207 Å². The molecule has 35 heavy (non-hydrogen) atoms. The van der Waals surface area contributed by atoms with Crippen LogP contribution in [0, 0.1) is 5.82 Å². The number of hydrogen-bond donors (Lipinski definition) is 1. The molecule has 2 aromatic carbocycles. The number of halogens is 1. The number of carbonyl (C=O) groups is 2. The van der Waals surface area contributed by atoms with Gasteiger partial charge in [-0.3, -0.25) is 14.5 Å². The number of ether oxygens (including phenoxy) is 2. The molecule has 0 spiro atoms.